The minimum Gasteiger partial charge on any atom is -0.250 e. The number of hydrogen-bond acceptors (Lipinski definition) is 2. The summed E-state index contributed by atoms with van der Waals surface area (Å²) in [6, 6.07) is 0. The first-order valence-corrected chi connectivity index (χ1v) is 8.46. The summed E-state index contributed by atoms with van der Waals surface area (Å²) in [5, 5.41) is 0. The molecule has 0 radical (unpaired) electrons. The fourth-order valence-electron chi connectivity index (χ4n) is 3.62. The fraction of sp³-hybridized carbons (Fsp3) is 0.824. The lowest BCUT2D eigenvalue weighted by atomic mass is 9.79. The molecule has 0 aromatic carbocycles. The van der Waals surface area contributed by atoms with E-state index in [1.807, 2.05) is 0 Å². The van der Waals surface area contributed by atoms with E-state index in [4.69, 9.17) is 0 Å². The second kappa shape index (κ2) is 7.82. The SMILES string of the molecule is CCCCCCC(C1=[N+](C)CNN1)C1C=C(C)CCC1. The molecule has 2 atom stereocenters. The van der Waals surface area contributed by atoms with Crippen LogP contribution < -0.4 is 10.9 Å². The zero-order chi connectivity index (χ0) is 14.4. The van der Waals surface area contributed by atoms with E-state index < -0.39 is 0 Å². The lowest BCUT2D eigenvalue weighted by molar-refractivity contribution is -0.495. The van der Waals surface area contributed by atoms with E-state index >= 15 is 0 Å². The molecule has 2 rings (SSSR count). The van der Waals surface area contributed by atoms with E-state index in [2.05, 4.69) is 42.4 Å². The highest BCUT2D eigenvalue weighted by atomic mass is 15.5. The molecule has 1 aliphatic carbocycles. The Bertz CT molecular complexity index is 370. The molecule has 0 saturated carbocycles. The zero-order valence-electron chi connectivity index (χ0n) is 13.5. The maximum atomic E-state index is 3.42. The number of nitrogens with zero attached hydrogens (tertiary/aromatic N) is 1. The van der Waals surface area contributed by atoms with E-state index in [0.29, 0.717) is 5.92 Å². The van der Waals surface area contributed by atoms with E-state index in [1.54, 1.807) is 5.57 Å². The molecule has 2 unspecified atom stereocenters. The number of hydrazine groups is 1. The molecule has 114 valence electrons. The summed E-state index contributed by atoms with van der Waals surface area (Å²) in [6.45, 7) is 5.51. The topological polar surface area (TPSA) is 27.1 Å². The standard InChI is InChI=1S/C17H31N3/c1-4-5-6-7-11-16(17-19-18-13-20(17)3)15-10-8-9-14(2)12-15/h12,15-16,18H,4-11,13H2,1-3H3/p+1. The van der Waals surface area contributed by atoms with E-state index in [-0.39, 0.29) is 0 Å². The Kier molecular flexibility index (Phi) is 6.08. The van der Waals surface area contributed by atoms with Crippen molar-refractivity contribution < 1.29 is 4.58 Å². The van der Waals surface area contributed by atoms with Gasteiger partial charge in [0, 0.05) is 0 Å². The predicted molar refractivity (Wildman–Crippen MR) is 85.7 cm³/mol. The Morgan fingerprint density at radius 2 is 2.20 bits per heavy atom. The van der Waals surface area contributed by atoms with Crippen molar-refractivity contribution in [2.75, 3.05) is 13.7 Å². The number of allylic oxidation sites excluding steroid dienone is 2. The van der Waals surface area contributed by atoms with Crippen LogP contribution in [0, 0.1) is 11.8 Å². The molecule has 0 bridgehead atoms. The molecule has 2 N–H and O–H groups in total. The second-order valence-corrected chi connectivity index (χ2v) is 6.57. The third-order valence-corrected chi connectivity index (χ3v) is 4.79. The van der Waals surface area contributed by atoms with Crippen LogP contribution in [0.3, 0.4) is 0 Å². The van der Waals surface area contributed by atoms with Gasteiger partial charge in [0.25, 0.3) is 5.84 Å². The molecule has 3 heteroatoms. The summed E-state index contributed by atoms with van der Waals surface area (Å²) in [6.07, 6.45) is 13.3. The average molecular weight is 278 g/mol. The molecule has 1 aliphatic heterocycles. The Morgan fingerprint density at radius 3 is 2.85 bits per heavy atom. The van der Waals surface area contributed by atoms with Gasteiger partial charge in [-0.2, -0.15) is 5.43 Å². The molecule has 3 nitrogen and oxygen atoms in total. The molecule has 0 aromatic heterocycles. The quantitative estimate of drug-likeness (QED) is 0.424. The van der Waals surface area contributed by atoms with Crippen LogP contribution >= 0.6 is 0 Å². The summed E-state index contributed by atoms with van der Waals surface area (Å²) < 4.78 is 2.35. The van der Waals surface area contributed by atoms with Gasteiger partial charge in [0.15, 0.2) is 6.67 Å². The van der Waals surface area contributed by atoms with Crippen molar-refractivity contribution in [3.63, 3.8) is 0 Å². The van der Waals surface area contributed by atoms with Crippen LogP contribution in [0.25, 0.3) is 0 Å². The van der Waals surface area contributed by atoms with Crippen LogP contribution in [-0.2, 0) is 0 Å². The first-order chi connectivity index (χ1) is 9.72. The first-order valence-electron chi connectivity index (χ1n) is 8.46. The lowest BCUT2D eigenvalue weighted by Gasteiger charge is -2.26. The minimum absolute atomic E-state index is 0.669. The molecule has 0 fully saturated rings. The molecule has 0 amide bonds. The Labute approximate surface area is 124 Å². The van der Waals surface area contributed by atoms with Gasteiger partial charge >= 0.3 is 0 Å². The van der Waals surface area contributed by atoms with Crippen molar-refractivity contribution in [3.05, 3.63) is 11.6 Å². The largest absolute Gasteiger partial charge is 0.267 e. The first kappa shape index (κ1) is 15.6. The van der Waals surface area contributed by atoms with Gasteiger partial charge in [-0.05, 0) is 38.5 Å². The van der Waals surface area contributed by atoms with Gasteiger partial charge in [-0.15, -0.1) is 5.43 Å². The van der Waals surface area contributed by atoms with Gasteiger partial charge in [-0.25, -0.2) is 0 Å². The van der Waals surface area contributed by atoms with Crippen LogP contribution in [0.5, 0.6) is 0 Å². The van der Waals surface area contributed by atoms with Crippen molar-refractivity contribution in [1.82, 2.24) is 10.9 Å². The van der Waals surface area contributed by atoms with Gasteiger partial charge in [-0.3, -0.25) is 4.58 Å². The maximum absolute atomic E-state index is 3.42. The maximum Gasteiger partial charge on any atom is 0.267 e. The monoisotopic (exact) mass is 278 g/mol. The summed E-state index contributed by atoms with van der Waals surface area (Å²) in [5.74, 6) is 2.81. The van der Waals surface area contributed by atoms with Gasteiger partial charge in [0.1, 0.15) is 0 Å². The molecule has 0 aromatic rings. The summed E-state index contributed by atoms with van der Waals surface area (Å²) >= 11 is 0. The smallest absolute Gasteiger partial charge is 0.250 e. The molecule has 2 aliphatic rings. The van der Waals surface area contributed by atoms with Gasteiger partial charge in [0.2, 0.25) is 0 Å². The Morgan fingerprint density at radius 1 is 1.35 bits per heavy atom. The zero-order valence-corrected chi connectivity index (χ0v) is 13.5. The van der Waals surface area contributed by atoms with Gasteiger partial charge in [0.05, 0.1) is 13.0 Å². The summed E-state index contributed by atoms with van der Waals surface area (Å²) in [4.78, 5) is 0. The van der Waals surface area contributed by atoms with Gasteiger partial charge < -0.3 is 0 Å². The lowest BCUT2D eigenvalue weighted by Crippen LogP contribution is -2.38. The third kappa shape index (κ3) is 4.08. The highest BCUT2D eigenvalue weighted by Crippen LogP contribution is 2.32. The second-order valence-electron chi connectivity index (χ2n) is 6.57. The highest BCUT2D eigenvalue weighted by Gasteiger charge is 2.33. The highest BCUT2D eigenvalue weighted by molar-refractivity contribution is 5.80. The van der Waals surface area contributed by atoms with Crippen molar-refractivity contribution in [2.45, 2.75) is 65.2 Å². The average Bonchev–Trinajstić information content (AvgIpc) is 2.85. The Hall–Kier alpha value is -0.830. The van der Waals surface area contributed by atoms with E-state index in [9.17, 15) is 0 Å². The van der Waals surface area contributed by atoms with Crippen molar-refractivity contribution in [3.8, 4) is 0 Å². The molecular formula is C17H32N3+. The predicted octanol–water partition coefficient (Wildman–Crippen LogP) is 3.43. The Balaban J connectivity index is 2.03. The molecule has 1 heterocycles. The number of nitrogens with one attached hydrogen (secondary N) is 2. The van der Waals surface area contributed by atoms with Crippen molar-refractivity contribution in [2.24, 2.45) is 11.8 Å². The van der Waals surface area contributed by atoms with Gasteiger partial charge in [-0.1, -0.05) is 44.3 Å². The number of amidine groups is 1. The molecule has 0 saturated heterocycles. The number of hydrogen-bond donors (Lipinski definition) is 2. The molecule has 20 heavy (non-hydrogen) atoms. The minimum atomic E-state index is 0.669. The molecular weight excluding hydrogens is 246 g/mol. The third-order valence-electron chi connectivity index (χ3n) is 4.79. The molecule has 0 spiro atoms. The summed E-state index contributed by atoms with van der Waals surface area (Å²) in [7, 11) is 2.20. The van der Waals surface area contributed by atoms with Crippen LogP contribution in [-0.4, -0.2) is 24.1 Å². The van der Waals surface area contributed by atoms with E-state index in [1.165, 1.54) is 57.2 Å². The number of unbranched alkanes of at least 4 members (excludes halogenated alkanes) is 3. The van der Waals surface area contributed by atoms with Crippen LogP contribution in [0.4, 0.5) is 0 Å². The van der Waals surface area contributed by atoms with Crippen molar-refractivity contribution >= 4 is 5.84 Å². The number of rotatable bonds is 7. The fourth-order valence-corrected chi connectivity index (χ4v) is 3.62. The van der Waals surface area contributed by atoms with Crippen LogP contribution in [0.2, 0.25) is 0 Å². The van der Waals surface area contributed by atoms with Crippen LogP contribution in [0.1, 0.15) is 65.2 Å². The normalized spacial score (nSPS) is 24.6. The van der Waals surface area contributed by atoms with E-state index in [0.717, 1.165) is 12.6 Å². The summed E-state index contributed by atoms with van der Waals surface area (Å²) in [5.41, 5.74) is 8.29. The van der Waals surface area contributed by atoms with Crippen LogP contribution in [0.15, 0.2) is 11.6 Å². The van der Waals surface area contributed by atoms with Crippen molar-refractivity contribution in [1.29, 1.82) is 0 Å².